The number of hydrogen-bond acceptors (Lipinski definition) is 4. The topological polar surface area (TPSA) is 82.5 Å². The molecular weight excluding hydrogens is 318 g/mol. The van der Waals surface area contributed by atoms with Crippen LogP contribution in [0.2, 0.25) is 0 Å². The number of carbonyl (C=O) groups is 2. The number of nitrogens with zero attached hydrogens (tertiary/aromatic N) is 2. The monoisotopic (exact) mass is 341 g/mol. The quantitative estimate of drug-likeness (QED) is 0.844. The van der Waals surface area contributed by atoms with Crippen molar-refractivity contribution in [1.82, 2.24) is 10.3 Å². The van der Waals surface area contributed by atoms with E-state index in [1.165, 1.54) is 6.20 Å². The number of carboxylic acids is 1. The summed E-state index contributed by atoms with van der Waals surface area (Å²) in [5, 5.41) is 11.8. The summed E-state index contributed by atoms with van der Waals surface area (Å²) >= 11 is 0. The molecule has 2 rings (SSSR count). The zero-order chi connectivity index (χ0) is 18.6. The van der Waals surface area contributed by atoms with Crippen molar-refractivity contribution in [3.05, 3.63) is 48.3 Å². The molecule has 0 spiro atoms. The molecular formula is C19H23N3O3. The first-order valence-electron chi connectivity index (χ1n) is 8.06. The van der Waals surface area contributed by atoms with Crippen molar-refractivity contribution in [3.63, 3.8) is 0 Å². The van der Waals surface area contributed by atoms with Gasteiger partial charge in [-0.3, -0.25) is 9.78 Å². The fourth-order valence-corrected chi connectivity index (χ4v) is 2.41. The van der Waals surface area contributed by atoms with Crippen LogP contribution in [-0.4, -0.2) is 42.1 Å². The Morgan fingerprint density at radius 2 is 1.72 bits per heavy atom. The summed E-state index contributed by atoms with van der Waals surface area (Å²) in [6, 6.07) is 8.68. The van der Waals surface area contributed by atoms with Gasteiger partial charge in [-0.2, -0.15) is 0 Å². The summed E-state index contributed by atoms with van der Waals surface area (Å²) in [4.78, 5) is 29.7. The van der Waals surface area contributed by atoms with E-state index in [-0.39, 0.29) is 5.92 Å². The summed E-state index contributed by atoms with van der Waals surface area (Å²) in [7, 11) is 3.93. The maximum absolute atomic E-state index is 12.4. The van der Waals surface area contributed by atoms with E-state index < -0.39 is 17.9 Å². The molecule has 0 radical (unpaired) electrons. The summed E-state index contributed by atoms with van der Waals surface area (Å²) in [6.45, 7) is 3.50. The van der Waals surface area contributed by atoms with Gasteiger partial charge in [-0.25, -0.2) is 4.79 Å². The molecule has 2 aromatic rings. The number of amides is 1. The summed E-state index contributed by atoms with van der Waals surface area (Å²) in [5.41, 5.74) is 3.15. The molecule has 1 atom stereocenters. The van der Waals surface area contributed by atoms with Crippen molar-refractivity contribution in [2.45, 2.75) is 19.9 Å². The van der Waals surface area contributed by atoms with Gasteiger partial charge in [0.1, 0.15) is 6.04 Å². The second-order valence-electron chi connectivity index (χ2n) is 6.44. The number of hydrogen-bond donors (Lipinski definition) is 2. The van der Waals surface area contributed by atoms with E-state index in [0.717, 1.165) is 16.8 Å². The number of pyridine rings is 1. The highest BCUT2D eigenvalue weighted by Gasteiger charge is 2.24. The number of aliphatic carboxylic acids is 1. The molecule has 0 fully saturated rings. The SMILES string of the molecule is CC(C)[C@@H](NC(=O)c1cncc(-c2ccc(N(C)C)cc2)c1)C(=O)O. The molecule has 0 aliphatic heterocycles. The van der Waals surface area contributed by atoms with Gasteiger partial charge in [-0.05, 0) is 29.7 Å². The van der Waals surface area contributed by atoms with E-state index in [0.29, 0.717) is 5.56 Å². The lowest BCUT2D eigenvalue weighted by Gasteiger charge is -2.18. The first-order chi connectivity index (χ1) is 11.8. The number of carbonyl (C=O) groups excluding carboxylic acids is 1. The third kappa shape index (κ3) is 4.56. The minimum Gasteiger partial charge on any atom is -0.480 e. The maximum Gasteiger partial charge on any atom is 0.326 e. The van der Waals surface area contributed by atoms with Crippen LogP contribution in [0.5, 0.6) is 0 Å². The maximum atomic E-state index is 12.4. The number of rotatable bonds is 6. The lowest BCUT2D eigenvalue weighted by Crippen LogP contribution is -2.44. The first-order valence-corrected chi connectivity index (χ1v) is 8.06. The number of anilines is 1. The van der Waals surface area contributed by atoms with Gasteiger partial charge in [0.15, 0.2) is 0 Å². The molecule has 0 saturated heterocycles. The largest absolute Gasteiger partial charge is 0.480 e. The Hall–Kier alpha value is -2.89. The first kappa shape index (κ1) is 18.4. The third-order valence-electron chi connectivity index (χ3n) is 3.94. The van der Waals surface area contributed by atoms with Crippen molar-refractivity contribution >= 4 is 17.6 Å². The number of carboxylic acid groups (broad SMARTS) is 1. The van der Waals surface area contributed by atoms with Gasteiger partial charge < -0.3 is 15.3 Å². The van der Waals surface area contributed by atoms with E-state index in [1.54, 1.807) is 26.1 Å². The van der Waals surface area contributed by atoms with Gasteiger partial charge in [-0.1, -0.05) is 26.0 Å². The molecule has 0 aliphatic carbocycles. The van der Waals surface area contributed by atoms with Gasteiger partial charge in [0.25, 0.3) is 5.91 Å². The highest BCUT2D eigenvalue weighted by Crippen LogP contribution is 2.22. The molecule has 0 saturated carbocycles. The number of aromatic nitrogens is 1. The van der Waals surface area contributed by atoms with Crippen molar-refractivity contribution in [2.24, 2.45) is 5.92 Å². The van der Waals surface area contributed by atoms with Crippen molar-refractivity contribution in [2.75, 3.05) is 19.0 Å². The minimum absolute atomic E-state index is 0.212. The highest BCUT2D eigenvalue weighted by atomic mass is 16.4. The molecule has 1 aromatic heterocycles. The van der Waals surface area contributed by atoms with Crippen LogP contribution in [0.1, 0.15) is 24.2 Å². The molecule has 1 heterocycles. The molecule has 2 N–H and O–H groups in total. The lowest BCUT2D eigenvalue weighted by molar-refractivity contribution is -0.140. The molecule has 0 aliphatic rings. The van der Waals surface area contributed by atoms with E-state index in [1.807, 2.05) is 43.3 Å². The highest BCUT2D eigenvalue weighted by molar-refractivity contribution is 5.97. The standard InChI is InChI=1S/C19H23N3O3/c1-12(2)17(19(24)25)21-18(23)15-9-14(10-20-11-15)13-5-7-16(8-6-13)22(3)4/h5-12,17H,1-4H3,(H,21,23)(H,24,25)/t17-/m1/s1. The van der Waals surface area contributed by atoms with E-state index in [9.17, 15) is 14.7 Å². The Kier molecular flexibility index (Phi) is 5.75. The Bertz CT molecular complexity index is 755. The fraction of sp³-hybridized carbons (Fsp3) is 0.316. The van der Waals surface area contributed by atoms with Crippen LogP contribution in [0.15, 0.2) is 42.7 Å². The summed E-state index contributed by atoms with van der Waals surface area (Å²) in [5.74, 6) is -1.71. The van der Waals surface area contributed by atoms with E-state index in [2.05, 4.69) is 10.3 Å². The Labute approximate surface area is 147 Å². The molecule has 0 bridgehead atoms. The zero-order valence-electron chi connectivity index (χ0n) is 14.9. The van der Waals surface area contributed by atoms with Gasteiger partial charge >= 0.3 is 5.97 Å². The molecule has 1 amide bonds. The van der Waals surface area contributed by atoms with Crippen LogP contribution in [0.4, 0.5) is 5.69 Å². The van der Waals surface area contributed by atoms with E-state index in [4.69, 9.17) is 0 Å². The van der Waals surface area contributed by atoms with Crippen LogP contribution in [-0.2, 0) is 4.79 Å². The van der Waals surface area contributed by atoms with Crippen molar-refractivity contribution < 1.29 is 14.7 Å². The molecule has 6 heteroatoms. The molecule has 132 valence electrons. The van der Waals surface area contributed by atoms with Gasteiger partial charge in [0, 0.05) is 37.7 Å². The summed E-state index contributed by atoms with van der Waals surface area (Å²) < 4.78 is 0. The Balaban J connectivity index is 2.23. The second-order valence-corrected chi connectivity index (χ2v) is 6.44. The predicted octanol–water partition coefficient (Wildman–Crippen LogP) is 2.65. The lowest BCUT2D eigenvalue weighted by atomic mass is 10.0. The number of nitrogens with one attached hydrogen (secondary N) is 1. The average molecular weight is 341 g/mol. The van der Waals surface area contributed by atoms with E-state index >= 15 is 0 Å². The van der Waals surface area contributed by atoms with Gasteiger partial charge in [0.2, 0.25) is 0 Å². The minimum atomic E-state index is -1.05. The second kappa shape index (κ2) is 7.79. The third-order valence-corrected chi connectivity index (χ3v) is 3.94. The Morgan fingerprint density at radius 1 is 1.08 bits per heavy atom. The van der Waals surface area contributed by atoms with Crippen molar-refractivity contribution in [1.29, 1.82) is 0 Å². The van der Waals surface area contributed by atoms with Crippen LogP contribution in [0.25, 0.3) is 11.1 Å². The Morgan fingerprint density at radius 3 is 2.24 bits per heavy atom. The number of benzene rings is 1. The fourth-order valence-electron chi connectivity index (χ4n) is 2.41. The van der Waals surface area contributed by atoms with Crippen LogP contribution in [0.3, 0.4) is 0 Å². The van der Waals surface area contributed by atoms with Crippen LogP contribution < -0.4 is 10.2 Å². The molecule has 6 nitrogen and oxygen atoms in total. The molecule has 25 heavy (non-hydrogen) atoms. The van der Waals surface area contributed by atoms with Crippen LogP contribution >= 0.6 is 0 Å². The normalized spacial score (nSPS) is 11.9. The van der Waals surface area contributed by atoms with Gasteiger partial charge in [0.05, 0.1) is 5.56 Å². The average Bonchev–Trinajstić information content (AvgIpc) is 2.59. The molecule has 1 aromatic carbocycles. The smallest absolute Gasteiger partial charge is 0.326 e. The van der Waals surface area contributed by atoms with Crippen molar-refractivity contribution in [3.8, 4) is 11.1 Å². The van der Waals surface area contributed by atoms with Gasteiger partial charge in [-0.15, -0.1) is 0 Å². The zero-order valence-corrected chi connectivity index (χ0v) is 14.9. The molecule has 0 unspecified atom stereocenters. The van der Waals surface area contributed by atoms with Crippen LogP contribution in [0, 0.1) is 5.92 Å². The summed E-state index contributed by atoms with van der Waals surface area (Å²) in [6.07, 6.45) is 3.12. The predicted molar refractivity (Wildman–Crippen MR) is 97.7 cm³/mol.